The maximum atomic E-state index is 11.9. The van der Waals surface area contributed by atoms with Crippen LogP contribution in [0.3, 0.4) is 0 Å². The molecule has 0 atom stereocenters. The van der Waals surface area contributed by atoms with Crippen molar-refractivity contribution in [3.63, 3.8) is 0 Å². The van der Waals surface area contributed by atoms with Crippen LogP contribution >= 0.6 is 0 Å². The third-order valence-corrected chi connectivity index (χ3v) is 4.97. The predicted octanol–water partition coefficient (Wildman–Crippen LogP) is 1.65. The van der Waals surface area contributed by atoms with E-state index in [1.54, 1.807) is 0 Å². The molecule has 1 rings (SSSR count). The fourth-order valence-electron chi connectivity index (χ4n) is 2.29. The Morgan fingerprint density at radius 3 is 2.29 bits per heavy atom. The minimum absolute atomic E-state index is 0.0894. The van der Waals surface area contributed by atoms with Crippen molar-refractivity contribution in [2.75, 3.05) is 12.4 Å². The highest BCUT2D eigenvalue weighted by atomic mass is 32.2. The maximum Gasteiger partial charge on any atom is 0.212 e. The first-order chi connectivity index (χ1) is 7.89. The second-order valence-corrected chi connectivity index (χ2v) is 7.44. The fraction of sp³-hybridized carbons (Fsp3) is 1.00. The van der Waals surface area contributed by atoms with E-state index in [4.69, 9.17) is 0 Å². The van der Waals surface area contributed by atoms with Gasteiger partial charge in [0.2, 0.25) is 10.0 Å². The normalized spacial score (nSPS) is 20.7. The molecule has 1 aliphatic rings. The van der Waals surface area contributed by atoms with Gasteiger partial charge in [-0.05, 0) is 25.2 Å². The molecule has 0 unspecified atom stereocenters. The Morgan fingerprint density at radius 2 is 1.82 bits per heavy atom. The van der Waals surface area contributed by atoms with Crippen molar-refractivity contribution in [1.82, 2.24) is 4.72 Å². The first-order valence-corrected chi connectivity index (χ1v) is 8.17. The molecule has 1 fully saturated rings. The van der Waals surface area contributed by atoms with Gasteiger partial charge in [0.15, 0.2) is 0 Å². The van der Waals surface area contributed by atoms with Crippen molar-refractivity contribution >= 4 is 10.0 Å². The molecule has 0 amide bonds. The van der Waals surface area contributed by atoms with Gasteiger partial charge in [-0.1, -0.05) is 33.1 Å². The number of rotatable bonds is 6. The largest absolute Gasteiger partial charge is 0.394 e. The molecule has 17 heavy (non-hydrogen) atoms. The van der Waals surface area contributed by atoms with Crippen LogP contribution in [-0.4, -0.2) is 31.4 Å². The van der Waals surface area contributed by atoms with E-state index < -0.39 is 15.6 Å². The van der Waals surface area contributed by atoms with E-state index in [9.17, 15) is 13.5 Å². The quantitative estimate of drug-likeness (QED) is 0.765. The molecule has 0 aromatic heterocycles. The molecule has 2 N–H and O–H groups in total. The van der Waals surface area contributed by atoms with E-state index in [2.05, 4.69) is 4.72 Å². The number of sulfonamides is 1. The summed E-state index contributed by atoms with van der Waals surface area (Å²) in [4.78, 5) is 0. The van der Waals surface area contributed by atoms with E-state index in [0.717, 1.165) is 32.1 Å². The van der Waals surface area contributed by atoms with Gasteiger partial charge in [0, 0.05) is 0 Å². The molecule has 5 heteroatoms. The van der Waals surface area contributed by atoms with Crippen LogP contribution in [0.4, 0.5) is 0 Å². The van der Waals surface area contributed by atoms with Gasteiger partial charge in [0.1, 0.15) is 0 Å². The Balaban J connectivity index is 2.60. The molecule has 0 heterocycles. The van der Waals surface area contributed by atoms with Crippen molar-refractivity contribution < 1.29 is 13.5 Å². The minimum atomic E-state index is -3.26. The van der Waals surface area contributed by atoms with E-state index >= 15 is 0 Å². The first kappa shape index (κ1) is 14.9. The van der Waals surface area contributed by atoms with Crippen LogP contribution in [0.25, 0.3) is 0 Å². The lowest BCUT2D eigenvalue weighted by Gasteiger charge is -2.36. The average molecular weight is 263 g/mol. The number of hydrogen-bond donors (Lipinski definition) is 2. The molecule has 4 nitrogen and oxygen atoms in total. The fourth-order valence-corrected chi connectivity index (χ4v) is 4.10. The van der Waals surface area contributed by atoms with Crippen molar-refractivity contribution in [2.45, 2.75) is 57.9 Å². The van der Waals surface area contributed by atoms with E-state index in [0.29, 0.717) is 12.3 Å². The third kappa shape index (κ3) is 4.94. The van der Waals surface area contributed by atoms with Crippen molar-refractivity contribution in [3.05, 3.63) is 0 Å². The number of aliphatic hydroxyl groups is 1. The molecule has 0 radical (unpaired) electrons. The minimum Gasteiger partial charge on any atom is -0.394 e. The highest BCUT2D eigenvalue weighted by Crippen LogP contribution is 2.28. The molecule has 0 aromatic rings. The zero-order chi connectivity index (χ0) is 12.9. The second-order valence-electron chi connectivity index (χ2n) is 5.60. The summed E-state index contributed by atoms with van der Waals surface area (Å²) >= 11 is 0. The highest BCUT2D eigenvalue weighted by molar-refractivity contribution is 7.89. The summed E-state index contributed by atoms with van der Waals surface area (Å²) < 4.78 is 26.6. The Bertz CT molecular complexity index is 319. The summed E-state index contributed by atoms with van der Waals surface area (Å²) in [7, 11) is -3.26. The number of aliphatic hydroxyl groups excluding tert-OH is 1. The van der Waals surface area contributed by atoms with E-state index in [-0.39, 0.29) is 12.4 Å². The topological polar surface area (TPSA) is 66.4 Å². The average Bonchev–Trinajstić information content (AvgIpc) is 2.27. The van der Waals surface area contributed by atoms with Gasteiger partial charge in [-0.3, -0.25) is 0 Å². The van der Waals surface area contributed by atoms with Gasteiger partial charge in [-0.2, -0.15) is 0 Å². The Morgan fingerprint density at radius 1 is 1.24 bits per heavy atom. The van der Waals surface area contributed by atoms with Crippen molar-refractivity contribution in [3.8, 4) is 0 Å². The number of nitrogens with one attached hydrogen (secondary N) is 1. The summed E-state index contributed by atoms with van der Waals surface area (Å²) in [5, 5.41) is 9.46. The van der Waals surface area contributed by atoms with Crippen molar-refractivity contribution in [1.29, 1.82) is 0 Å². The van der Waals surface area contributed by atoms with Crippen LogP contribution in [0.15, 0.2) is 0 Å². The Labute approximate surface area is 105 Å². The zero-order valence-corrected chi connectivity index (χ0v) is 11.7. The van der Waals surface area contributed by atoms with Gasteiger partial charge in [0.25, 0.3) is 0 Å². The van der Waals surface area contributed by atoms with E-state index in [1.165, 1.54) is 0 Å². The van der Waals surface area contributed by atoms with Gasteiger partial charge in [-0.15, -0.1) is 0 Å². The monoisotopic (exact) mass is 263 g/mol. The van der Waals surface area contributed by atoms with Crippen LogP contribution in [0, 0.1) is 5.92 Å². The maximum absolute atomic E-state index is 11.9. The molecule has 1 saturated carbocycles. The lowest BCUT2D eigenvalue weighted by molar-refractivity contribution is 0.142. The van der Waals surface area contributed by atoms with Crippen LogP contribution in [0.2, 0.25) is 0 Å². The SMILES string of the molecule is CC(C)CCS(=O)(=O)NC1(CO)CCCCC1. The molecule has 0 saturated heterocycles. The van der Waals surface area contributed by atoms with Crippen LogP contribution < -0.4 is 4.72 Å². The molecule has 1 aliphatic carbocycles. The van der Waals surface area contributed by atoms with Gasteiger partial charge in [0.05, 0.1) is 17.9 Å². The Hall–Kier alpha value is -0.130. The van der Waals surface area contributed by atoms with Gasteiger partial charge in [-0.25, -0.2) is 13.1 Å². The molecular weight excluding hydrogens is 238 g/mol. The predicted molar refractivity (Wildman–Crippen MR) is 69.3 cm³/mol. The van der Waals surface area contributed by atoms with Crippen molar-refractivity contribution in [2.24, 2.45) is 5.92 Å². The summed E-state index contributed by atoms with van der Waals surface area (Å²) in [6, 6.07) is 0. The highest BCUT2D eigenvalue weighted by Gasteiger charge is 2.35. The molecule has 0 spiro atoms. The smallest absolute Gasteiger partial charge is 0.212 e. The number of hydrogen-bond acceptors (Lipinski definition) is 3. The van der Waals surface area contributed by atoms with E-state index in [1.807, 2.05) is 13.8 Å². The zero-order valence-electron chi connectivity index (χ0n) is 10.9. The molecule has 102 valence electrons. The molecule has 0 aliphatic heterocycles. The molecule has 0 bridgehead atoms. The first-order valence-electron chi connectivity index (χ1n) is 6.52. The molecule has 0 aromatic carbocycles. The Kier molecular flexibility index (Phi) is 5.41. The van der Waals surface area contributed by atoms with Gasteiger partial charge < -0.3 is 5.11 Å². The van der Waals surface area contributed by atoms with Crippen LogP contribution in [0.1, 0.15) is 52.4 Å². The summed E-state index contributed by atoms with van der Waals surface area (Å²) in [5.41, 5.74) is -0.589. The van der Waals surface area contributed by atoms with Gasteiger partial charge >= 0.3 is 0 Å². The lowest BCUT2D eigenvalue weighted by atomic mass is 9.83. The summed E-state index contributed by atoms with van der Waals surface area (Å²) in [6.07, 6.45) is 5.29. The lowest BCUT2D eigenvalue weighted by Crippen LogP contribution is -2.53. The summed E-state index contributed by atoms with van der Waals surface area (Å²) in [5.74, 6) is 0.537. The third-order valence-electron chi connectivity index (χ3n) is 3.45. The van der Waals surface area contributed by atoms with Crippen LogP contribution in [-0.2, 0) is 10.0 Å². The standard InChI is InChI=1S/C12H25NO3S/c1-11(2)6-9-17(15,16)13-12(10-14)7-4-3-5-8-12/h11,13-14H,3-10H2,1-2H3. The van der Waals surface area contributed by atoms with Crippen LogP contribution in [0.5, 0.6) is 0 Å². The summed E-state index contributed by atoms with van der Waals surface area (Å²) in [6.45, 7) is 3.93. The molecular formula is C12H25NO3S. The second kappa shape index (κ2) is 6.16.